The van der Waals surface area contributed by atoms with E-state index >= 15 is 0 Å². The van der Waals surface area contributed by atoms with Gasteiger partial charge in [-0.1, -0.05) is 43.7 Å². The molecule has 3 nitrogen and oxygen atoms in total. The Morgan fingerprint density at radius 2 is 2.05 bits per heavy atom. The fourth-order valence-corrected chi connectivity index (χ4v) is 2.13. The van der Waals surface area contributed by atoms with Crippen molar-refractivity contribution in [1.82, 2.24) is 5.32 Å². The molecule has 106 valence electrons. The first kappa shape index (κ1) is 15.7. The fourth-order valence-electron chi connectivity index (χ4n) is 2.13. The highest BCUT2D eigenvalue weighted by Gasteiger charge is 2.07. The van der Waals surface area contributed by atoms with Gasteiger partial charge in [-0.25, -0.2) is 0 Å². The smallest absolute Gasteiger partial charge is 0.220 e. The minimum Gasteiger partial charge on any atom is -0.356 e. The lowest BCUT2D eigenvalue weighted by atomic mass is 10.0. The molecule has 0 aromatic heterocycles. The Balaban J connectivity index is 2.14. The second-order valence-electron chi connectivity index (χ2n) is 4.99. The summed E-state index contributed by atoms with van der Waals surface area (Å²) in [5.74, 6) is 0.675. The summed E-state index contributed by atoms with van der Waals surface area (Å²) < 4.78 is 0. The van der Waals surface area contributed by atoms with Crippen LogP contribution in [0.4, 0.5) is 0 Å². The minimum absolute atomic E-state index is 0.159. The summed E-state index contributed by atoms with van der Waals surface area (Å²) >= 11 is 0. The maximum atomic E-state index is 11.7. The lowest BCUT2D eigenvalue weighted by Crippen LogP contribution is -2.29. The van der Waals surface area contributed by atoms with E-state index < -0.39 is 0 Å². The first-order valence-electron chi connectivity index (χ1n) is 7.27. The summed E-state index contributed by atoms with van der Waals surface area (Å²) in [6.07, 6.45) is 4.54. The van der Waals surface area contributed by atoms with E-state index in [9.17, 15) is 4.79 Å². The molecule has 0 aliphatic carbocycles. The maximum Gasteiger partial charge on any atom is 0.220 e. The van der Waals surface area contributed by atoms with Crippen molar-refractivity contribution in [1.29, 1.82) is 0 Å². The third-order valence-electron chi connectivity index (χ3n) is 3.45. The highest BCUT2D eigenvalue weighted by atomic mass is 16.1. The molecule has 0 aliphatic heterocycles. The summed E-state index contributed by atoms with van der Waals surface area (Å²) in [5.41, 5.74) is 6.84. The second kappa shape index (κ2) is 9.56. The highest BCUT2D eigenvalue weighted by molar-refractivity contribution is 5.75. The molecule has 3 heteroatoms. The average molecular weight is 262 g/mol. The summed E-state index contributed by atoms with van der Waals surface area (Å²) in [5, 5.41) is 3.01. The first-order valence-corrected chi connectivity index (χ1v) is 7.27. The van der Waals surface area contributed by atoms with Gasteiger partial charge in [-0.2, -0.15) is 0 Å². The lowest BCUT2D eigenvalue weighted by molar-refractivity contribution is -0.121. The van der Waals surface area contributed by atoms with Crippen LogP contribution in [-0.4, -0.2) is 19.0 Å². The molecular weight excluding hydrogens is 236 g/mol. The van der Waals surface area contributed by atoms with Crippen LogP contribution in [0.5, 0.6) is 0 Å². The Bertz CT molecular complexity index is 351. The zero-order valence-corrected chi connectivity index (χ0v) is 11.9. The molecule has 0 aliphatic rings. The Labute approximate surface area is 116 Å². The molecule has 1 atom stereocenters. The number of nitrogens with one attached hydrogen (secondary N) is 1. The van der Waals surface area contributed by atoms with Gasteiger partial charge >= 0.3 is 0 Å². The van der Waals surface area contributed by atoms with Gasteiger partial charge in [0, 0.05) is 13.0 Å². The zero-order chi connectivity index (χ0) is 13.9. The van der Waals surface area contributed by atoms with Gasteiger partial charge in [0.15, 0.2) is 0 Å². The Kier molecular flexibility index (Phi) is 7.91. The quantitative estimate of drug-likeness (QED) is 0.718. The Morgan fingerprint density at radius 3 is 2.68 bits per heavy atom. The van der Waals surface area contributed by atoms with E-state index in [1.54, 1.807) is 0 Å². The molecule has 3 N–H and O–H groups in total. The number of benzene rings is 1. The van der Waals surface area contributed by atoms with Crippen LogP contribution >= 0.6 is 0 Å². The van der Waals surface area contributed by atoms with Crippen molar-refractivity contribution in [2.45, 2.75) is 39.0 Å². The molecule has 1 amide bonds. The molecule has 1 aromatic carbocycles. The van der Waals surface area contributed by atoms with E-state index in [4.69, 9.17) is 5.73 Å². The SMILES string of the molecule is CCC(CCN)CNC(=O)CCCc1ccccc1. The number of hydrogen-bond donors (Lipinski definition) is 2. The van der Waals surface area contributed by atoms with Gasteiger partial charge in [0.25, 0.3) is 0 Å². The summed E-state index contributed by atoms with van der Waals surface area (Å²) in [6, 6.07) is 10.3. The molecule has 0 saturated carbocycles. The molecular formula is C16H26N2O. The summed E-state index contributed by atoms with van der Waals surface area (Å²) in [7, 11) is 0. The fraction of sp³-hybridized carbons (Fsp3) is 0.562. The van der Waals surface area contributed by atoms with Gasteiger partial charge < -0.3 is 11.1 Å². The number of amides is 1. The van der Waals surface area contributed by atoms with Crippen LogP contribution in [0.15, 0.2) is 30.3 Å². The first-order chi connectivity index (χ1) is 9.26. The van der Waals surface area contributed by atoms with E-state index in [-0.39, 0.29) is 5.91 Å². The number of nitrogens with two attached hydrogens (primary N) is 1. The molecule has 0 heterocycles. The van der Waals surface area contributed by atoms with Crippen LogP contribution in [0.25, 0.3) is 0 Å². The highest BCUT2D eigenvalue weighted by Crippen LogP contribution is 2.06. The molecule has 1 unspecified atom stereocenters. The van der Waals surface area contributed by atoms with Crippen molar-refractivity contribution < 1.29 is 4.79 Å². The van der Waals surface area contributed by atoms with Crippen molar-refractivity contribution in [3.63, 3.8) is 0 Å². The number of aryl methyl sites for hydroxylation is 1. The van der Waals surface area contributed by atoms with Gasteiger partial charge in [-0.05, 0) is 37.3 Å². The molecule has 1 rings (SSSR count). The van der Waals surface area contributed by atoms with Gasteiger partial charge in [0.1, 0.15) is 0 Å². The van der Waals surface area contributed by atoms with E-state index in [0.717, 1.165) is 32.2 Å². The van der Waals surface area contributed by atoms with Crippen LogP contribution < -0.4 is 11.1 Å². The largest absolute Gasteiger partial charge is 0.356 e. The lowest BCUT2D eigenvalue weighted by Gasteiger charge is -2.14. The minimum atomic E-state index is 0.159. The number of carbonyl (C=O) groups is 1. The number of hydrogen-bond acceptors (Lipinski definition) is 2. The Morgan fingerprint density at radius 1 is 1.32 bits per heavy atom. The van der Waals surface area contributed by atoms with Crippen molar-refractivity contribution in [3.05, 3.63) is 35.9 Å². The Hall–Kier alpha value is -1.35. The molecule has 0 bridgehead atoms. The van der Waals surface area contributed by atoms with Crippen LogP contribution in [0.2, 0.25) is 0 Å². The monoisotopic (exact) mass is 262 g/mol. The van der Waals surface area contributed by atoms with Crippen LogP contribution in [0.3, 0.4) is 0 Å². The van der Waals surface area contributed by atoms with Gasteiger partial charge in [0.05, 0.1) is 0 Å². The van der Waals surface area contributed by atoms with Gasteiger partial charge in [0.2, 0.25) is 5.91 Å². The van der Waals surface area contributed by atoms with E-state index in [1.165, 1.54) is 5.56 Å². The second-order valence-corrected chi connectivity index (χ2v) is 4.99. The molecule has 0 spiro atoms. The van der Waals surface area contributed by atoms with Crippen LogP contribution in [0.1, 0.15) is 38.2 Å². The van der Waals surface area contributed by atoms with Crippen molar-refractivity contribution in [2.75, 3.05) is 13.1 Å². The molecule has 19 heavy (non-hydrogen) atoms. The van der Waals surface area contributed by atoms with Crippen molar-refractivity contribution >= 4 is 5.91 Å². The predicted molar refractivity (Wildman–Crippen MR) is 79.8 cm³/mol. The zero-order valence-electron chi connectivity index (χ0n) is 11.9. The standard InChI is InChI=1S/C16H26N2O/c1-2-14(11-12-17)13-18-16(19)10-6-9-15-7-4-3-5-8-15/h3-5,7-8,14H,2,6,9-13,17H2,1H3,(H,18,19). The third kappa shape index (κ3) is 6.97. The van der Waals surface area contributed by atoms with E-state index in [1.807, 2.05) is 18.2 Å². The molecule has 1 aromatic rings. The third-order valence-corrected chi connectivity index (χ3v) is 3.45. The normalized spacial score (nSPS) is 12.1. The molecule has 0 radical (unpaired) electrons. The van der Waals surface area contributed by atoms with Crippen molar-refractivity contribution in [3.8, 4) is 0 Å². The molecule has 0 fully saturated rings. The van der Waals surface area contributed by atoms with E-state index in [0.29, 0.717) is 18.9 Å². The predicted octanol–water partition coefficient (Wildman–Crippen LogP) is 2.50. The number of carbonyl (C=O) groups excluding carboxylic acids is 1. The van der Waals surface area contributed by atoms with Crippen LogP contribution in [0, 0.1) is 5.92 Å². The summed E-state index contributed by atoms with van der Waals surface area (Å²) in [6.45, 7) is 3.60. The van der Waals surface area contributed by atoms with Gasteiger partial charge in [-0.15, -0.1) is 0 Å². The molecule has 0 saturated heterocycles. The van der Waals surface area contributed by atoms with Crippen LogP contribution in [-0.2, 0) is 11.2 Å². The van der Waals surface area contributed by atoms with Gasteiger partial charge in [-0.3, -0.25) is 4.79 Å². The van der Waals surface area contributed by atoms with Crippen molar-refractivity contribution in [2.24, 2.45) is 11.7 Å². The maximum absolute atomic E-state index is 11.7. The summed E-state index contributed by atoms with van der Waals surface area (Å²) in [4.78, 5) is 11.7. The average Bonchev–Trinajstić information content (AvgIpc) is 2.44. The van der Waals surface area contributed by atoms with E-state index in [2.05, 4.69) is 24.4 Å². The topological polar surface area (TPSA) is 55.1 Å². The number of rotatable bonds is 9.